The molecule has 0 aliphatic carbocycles. The van der Waals surface area contributed by atoms with E-state index < -0.39 is 0 Å². The first-order valence-corrected chi connectivity index (χ1v) is 7.91. The van der Waals surface area contributed by atoms with Crippen LogP contribution >= 0.6 is 0 Å². The van der Waals surface area contributed by atoms with Crippen LogP contribution in [0.2, 0.25) is 0 Å². The Kier molecular flexibility index (Phi) is 5.60. The van der Waals surface area contributed by atoms with Crippen LogP contribution in [0.3, 0.4) is 0 Å². The number of fused-ring (bicyclic) bond motifs is 1. The Morgan fingerprint density at radius 2 is 1.65 bits per heavy atom. The molecule has 1 unspecified atom stereocenters. The largest absolute Gasteiger partial charge is 0.317 e. The van der Waals surface area contributed by atoms with Gasteiger partial charge in [-0.25, -0.2) is 0 Å². The molecule has 1 N–H and O–H groups in total. The molecule has 2 aromatic carbocycles. The van der Waals surface area contributed by atoms with Crippen LogP contribution in [-0.4, -0.2) is 13.1 Å². The Labute approximate surface area is 123 Å². The molecule has 108 valence electrons. The molecular formula is C19H27N. The predicted molar refractivity (Wildman–Crippen MR) is 89.2 cm³/mol. The van der Waals surface area contributed by atoms with Gasteiger partial charge in [0.15, 0.2) is 0 Å². The third kappa shape index (κ3) is 3.83. The SMILES string of the molecule is CCC(CC)CC(Cc1ccc2ccccc2c1)NC. The molecule has 0 radical (unpaired) electrons. The van der Waals surface area contributed by atoms with Crippen molar-refractivity contribution in [1.29, 1.82) is 0 Å². The first-order valence-electron chi connectivity index (χ1n) is 7.91. The molecule has 0 aromatic heterocycles. The van der Waals surface area contributed by atoms with Crippen molar-refractivity contribution in [2.45, 2.75) is 45.6 Å². The highest BCUT2D eigenvalue weighted by Crippen LogP contribution is 2.20. The lowest BCUT2D eigenvalue weighted by Crippen LogP contribution is -2.30. The van der Waals surface area contributed by atoms with Crippen molar-refractivity contribution in [3.63, 3.8) is 0 Å². The van der Waals surface area contributed by atoms with Gasteiger partial charge in [0, 0.05) is 6.04 Å². The van der Waals surface area contributed by atoms with E-state index >= 15 is 0 Å². The van der Waals surface area contributed by atoms with Gasteiger partial charge in [-0.2, -0.15) is 0 Å². The maximum Gasteiger partial charge on any atom is 0.0107 e. The van der Waals surface area contributed by atoms with E-state index in [2.05, 4.69) is 68.7 Å². The first-order chi connectivity index (χ1) is 9.76. The summed E-state index contributed by atoms with van der Waals surface area (Å²) in [4.78, 5) is 0. The molecule has 0 aliphatic rings. The standard InChI is InChI=1S/C19H27N/c1-4-15(5-2)13-19(20-3)14-16-10-11-17-8-6-7-9-18(17)12-16/h6-12,15,19-20H,4-5,13-14H2,1-3H3. The zero-order valence-electron chi connectivity index (χ0n) is 13.0. The summed E-state index contributed by atoms with van der Waals surface area (Å²) in [5.41, 5.74) is 1.44. The van der Waals surface area contributed by atoms with Crippen LogP contribution in [-0.2, 0) is 6.42 Å². The second kappa shape index (κ2) is 7.44. The van der Waals surface area contributed by atoms with Crippen molar-refractivity contribution in [3.8, 4) is 0 Å². The molecule has 20 heavy (non-hydrogen) atoms. The minimum absolute atomic E-state index is 0.584. The zero-order chi connectivity index (χ0) is 14.4. The van der Waals surface area contributed by atoms with Crippen LogP contribution in [0.5, 0.6) is 0 Å². The maximum absolute atomic E-state index is 3.50. The lowest BCUT2D eigenvalue weighted by molar-refractivity contribution is 0.377. The number of nitrogens with one attached hydrogen (secondary N) is 1. The fourth-order valence-electron chi connectivity index (χ4n) is 2.98. The van der Waals surface area contributed by atoms with Gasteiger partial charge in [-0.1, -0.05) is 69.2 Å². The average molecular weight is 269 g/mol. The Morgan fingerprint density at radius 1 is 0.950 bits per heavy atom. The second-order valence-corrected chi connectivity index (χ2v) is 5.79. The Bertz CT molecular complexity index is 528. The highest BCUT2D eigenvalue weighted by molar-refractivity contribution is 5.82. The summed E-state index contributed by atoms with van der Waals surface area (Å²) in [5.74, 6) is 0.841. The summed E-state index contributed by atoms with van der Waals surface area (Å²) in [6.07, 6.45) is 4.97. The normalized spacial score (nSPS) is 13.0. The van der Waals surface area contributed by atoms with Crippen molar-refractivity contribution in [2.75, 3.05) is 7.05 Å². The summed E-state index contributed by atoms with van der Waals surface area (Å²) in [5, 5.41) is 6.18. The van der Waals surface area contributed by atoms with E-state index in [0.29, 0.717) is 6.04 Å². The van der Waals surface area contributed by atoms with E-state index in [-0.39, 0.29) is 0 Å². The van der Waals surface area contributed by atoms with Gasteiger partial charge < -0.3 is 5.32 Å². The number of hydrogen-bond acceptors (Lipinski definition) is 1. The first kappa shape index (κ1) is 15.1. The van der Waals surface area contributed by atoms with E-state index in [1.807, 2.05) is 0 Å². The summed E-state index contributed by atoms with van der Waals surface area (Å²) in [6, 6.07) is 16.0. The highest BCUT2D eigenvalue weighted by Gasteiger charge is 2.13. The van der Waals surface area contributed by atoms with Crippen LogP contribution in [0.15, 0.2) is 42.5 Å². The van der Waals surface area contributed by atoms with Crippen molar-refractivity contribution < 1.29 is 0 Å². The molecule has 0 spiro atoms. The summed E-state index contributed by atoms with van der Waals surface area (Å²) in [7, 11) is 2.09. The third-order valence-electron chi connectivity index (χ3n) is 4.48. The molecule has 0 amide bonds. The van der Waals surface area contributed by atoms with Gasteiger partial charge in [0.25, 0.3) is 0 Å². The van der Waals surface area contributed by atoms with Crippen LogP contribution in [0.4, 0.5) is 0 Å². The Morgan fingerprint density at radius 3 is 2.30 bits per heavy atom. The Balaban J connectivity index is 2.08. The van der Waals surface area contributed by atoms with Crippen LogP contribution in [0, 0.1) is 5.92 Å². The van der Waals surface area contributed by atoms with Gasteiger partial charge >= 0.3 is 0 Å². The molecular weight excluding hydrogens is 242 g/mol. The smallest absolute Gasteiger partial charge is 0.0107 e. The van der Waals surface area contributed by atoms with Gasteiger partial charge in [0.05, 0.1) is 0 Å². The molecule has 0 aliphatic heterocycles. The van der Waals surface area contributed by atoms with Gasteiger partial charge in [0.1, 0.15) is 0 Å². The van der Waals surface area contributed by atoms with Crippen molar-refractivity contribution in [3.05, 3.63) is 48.0 Å². The lowest BCUT2D eigenvalue weighted by Gasteiger charge is -2.21. The molecule has 0 saturated carbocycles. The van der Waals surface area contributed by atoms with Crippen LogP contribution in [0.1, 0.15) is 38.7 Å². The van der Waals surface area contributed by atoms with Crippen LogP contribution < -0.4 is 5.32 Å². The van der Waals surface area contributed by atoms with E-state index in [1.165, 1.54) is 35.6 Å². The number of benzene rings is 2. The van der Waals surface area contributed by atoms with Gasteiger partial charge in [-0.15, -0.1) is 0 Å². The fraction of sp³-hybridized carbons (Fsp3) is 0.474. The predicted octanol–water partition coefficient (Wildman–Crippen LogP) is 4.80. The minimum Gasteiger partial charge on any atom is -0.317 e. The summed E-state index contributed by atoms with van der Waals surface area (Å²) >= 11 is 0. The van der Waals surface area contributed by atoms with Crippen molar-refractivity contribution in [2.24, 2.45) is 5.92 Å². The molecule has 0 fully saturated rings. The molecule has 1 heteroatoms. The topological polar surface area (TPSA) is 12.0 Å². The molecule has 0 bridgehead atoms. The molecule has 2 rings (SSSR count). The van der Waals surface area contributed by atoms with E-state index in [1.54, 1.807) is 0 Å². The number of hydrogen-bond donors (Lipinski definition) is 1. The lowest BCUT2D eigenvalue weighted by atomic mass is 9.91. The van der Waals surface area contributed by atoms with Crippen molar-refractivity contribution in [1.82, 2.24) is 5.32 Å². The zero-order valence-corrected chi connectivity index (χ0v) is 13.0. The molecule has 1 nitrogen and oxygen atoms in total. The fourth-order valence-corrected chi connectivity index (χ4v) is 2.98. The number of likely N-dealkylation sites (N-methyl/N-ethyl adjacent to an activating group) is 1. The number of rotatable bonds is 7. The third-order valence-corrected chi connectivity index (χ3v) is 4.48. The monoisotopic (exact) mass is 269 g/mol. The maximum atomic E-state index is 3.50. The van der Waals surface area contributed by atoms with Gasteiger partial charge in [0.2, 0.25) is 0 Å². The molecule has 1 atom stereocenters. The second-order valence-electron chi connectivity index (χ2n) is 5.79. The van der Waals surface area contributed by atoms with E-state index in [4.69, 9.17) is 0 Å². The summed E-state index contributed by atoms with van der Waals surface area (Å²) in [6.45, 7) is 4.60. The molecule has 0 heterocycles. The van der Waals surface area contributed by atoms with Gasteiger partial charge in [-0.05, 0) is 42.1 Å². The Hall–Kier alpha value is -1.34. The van der Waals surface area contributed by atoms with Crippen molar-refractivity contribution >= 4 is 10.8 Å². The van der Waals surface area contributed by atoms with E-state index in [9.17, 15) is 0 Å². The average Bonchev–Trinajstić information content (AvgIpc) is 2.51. The highest BCUT2D eigenvalue weighted by atomic mass is 14.9. The van der Waals surface area contributed by atoms with Crippen LogP contribution in [0.25, 0.3) is 10.8 Å². The molecule has 0 saturated heterocycles. The summed E-state index contributed by atoms with van der Waals surface area (Å²) < 4.78 is 0. The minimum atomic E-state index is 0.584. The van der Waals surface area contributed by atoms with Gasteiger partial charge in [-0.3, -0.25) is 0 Å². The quantitative estimate of drug-likeness (QED) is 0.761. The van der Waals surface area contributed by atoms with E-state index in [0.717, 1.165) is 12.3 Å². The molecule has 2 aromatic rings.